The van der Waals surface area contributed by atoms with Gasteiger partial charge in [-0.3, -0.25) is 0 Å². The maximum Gasteiger partial charge on any atom is 0.170 e. The van der Waals surface area contributed by atoms with Crippen LogP contribution in [0.25, 0.3) is 5.69 Å². The molecule has 1 heterocycles. The molecule has 0 aliphatic heterocycles. The van der Waals surface area contributed by atoms with Crippen molar-refractivity contribution in [3.63, 3.8) is 0 Å². The summed E-state index contributed by atoms with van der Waals surface area (Å²) in [5, 5.41) is 15.4. The minimum Gasteiger partial charge on any atom is -0.307 e. The highest BCUT2D eigenvalue weighted by Crippen LogP contribution is 2.33. The summed E-state index contributed by atoms with van der Waals surface area (Å²) in [7, 11) is 0. The summed E-state index contributed by atoms with van der Waals surface area (Å²) in [5.74, 6) is 1.79. The molecule has 0 amide bonds. The zero-order chi connectivity index (χ0) is 13.1. The summed E-state index contributed by atoms with van der Waals surface area (Å²) in [5.41, 5.74) is 0.999. The molecule has 1 aliphatic rings. The van der Waals surface area contributed by atoms with Gasteiger partial charge in [-0.2, -0.15) is 4.68 Å². The molecular formula is C14H19N5. The zero-order valence-electron chi connectivity index (χ0n) is 11.2. The first-order chi connectivity index (χ1) is 9.33. The van der Waals surface area contributed by atoms with Gasteiger partial charge in [0, 0.05) is 6.04 Å². The van der Waals surface area contributed by atoms with E-state index in [1.165, 1.54) is 19.3 Å². The van der Waals surface area contributed by atoms with E-state index in [1.54, 1.807) is 4.68 Å². The van der Waals surface area contributed by atoms with Crippen LogP contribution in [0.5, 0.6) is 0 Å². The smallest absolute Gasteiger partial charge is 0.170 e. The third kappa shape index (κ3) is 3.17. The molecule has 3 rings (SSSR count). The van der Waals surface area contributed by atoms with Gasteiger partial charge in [0.25, 0.3) is 0 Å². The Bertz CT molecular complexity index is 518. The van der Waals surface area contributed by atoms with Crippen molar-refractivity contribution in [1.82, 2.24) is 25.5 Å². The lowest BCUT2D eigenvalue weighted by Gasteiger charge is -2.12. The zero-order valence-corrected chi connectivity index (χ0v) is 11.2. The number of rotatable bonds is 6. The monoisotopic (exact) mass is 257 g/mol. The molecule has 19 heavy (non-hydrogen) atoms. The van der Waals surface area contributed by atoms with E-state index in [0.717, 1.165) is 17.4 Å². The summed E-state index contributed by atoms with van der Waals surface area (Å²) in [4.78, 5) is 0. The van der Waals surface area contributed by atoms with Crippen molar-refractivity contribution in [3.05, 3.63) is 36.2 Å². The first-order valence-electron chi connectivity index (χ1n) is 6.89. The second-order valence-corrected chi connectivity index (χ2v) is 5.30. The molecule has 1 fully saturated rings. The highest BCUT2D eigenvalue weighted by molar-refractivity contribution is 5.30. The molecule has 1 unspecified atom stereocenters. The number of aromatic nitrogens is 4. The molecule has 1 aromatic heterocycles. The van der Waals surface area contributed by atoms with Gasteiger partial charge >= 0.3 is 0 Å². The van der Waals surface area contributed by atoms with E-state index in [-0.39, 0.29) is 0 Å². The fraction of sp³-hybridized carbons (Fsp3) is 0.500. The van der Waals surface area contributed by atoms with Gasteiger partial charge in [-0.25, -0.2) is 0 Å². The molecule has 0 spiro atoms. The third-order valence-corrected chi connectivity index (χ3v) is 3.53. The number of tetrazole rings is 1. The first kappa shape index (κ1) is 12.3. The van der Waals surface area contributed by atoms with Crippen LogP contribution in [0.1, 0.15) is 32.0 Å². The maximum atomic E-state index is 4.10. The Balaban J connectivity index is 1.63. The van der Waals surface area contributed by atoms with Gasteiger partial charge in [0.15, 0.2) is 5.82 Å². The molecule has 0 saturated heterocycles. The van der Waals surface area contributed by atoms with E-state index in [0.29, 0.717) is 12.6 Å². The Morgan fingerprint density at radius 3 is 2.84 bits per heavy atom. The molecule has 1 saturated carbocycles. The Morgan fingerprint density at radius 1 is 1.32 bits per heavy atom. The van der Waals surface area contributed by atoms with Crippen LogP contribution in [0.2, 0.25) is 0 Å². The molecule has 5 heteroatoms. The fourth-order valence-corrected chi connectivity index (χ4v) is 2.29. The first-order valence-corrected chi connectivity index (χ1v) is 6.89. The number of nitrogens with zero attached hydrogens (tertiary/aromatic N) is 4. The van der Waals surface area contributed by atoms with Crippen molar-refractivity contribution >= 4 is 0 Å². The van der Waals surface area contributed by atoms with Gasteiger partial charge in [0.1, 0.15) is 0 Å². The number of hydrogen-bond acceptors (Lipinski definition) is 4. The minimum atomic E-state index is 0.522. The Kier molecular flexibility index (Phi) is 3.55. The van der Waals surface area contributed by atoms with E-state index in [4.69, 9.17) is 0 Å². The SMILES string of the molecule is CC(CC1CC1)NCc1nnnn1-c1ccccc1. The van der Waals surface area contributed by atoms with Crippen molar-refractivity contribution in [1.29, 1.82) is 0 Å². The van der Waals surface area contributed by atoms with E-state index in [1.807, 2.05) is 30.3 Å². The van der Waals surface area contributed by atoms with E-state index in [2.05, 4.69) is 27.8 Å². The fourth-order valence-electron chi connectivity index (χ4n) is 2.29. The van der Waals surface area contributed by atoms with Crippen molar-refractivity contribution in [3.8, 4) is 5.69 Å². The van der Waals surface area contributed by atoms with Crippen LogP contribution < -0.4 is 5.32 Å². The summed E-state index contributed by atoms with van der Waals surface area (Å²) < 4.78 is 1.79. The molecule has 0 radical (unpaired) electrons. The Morgan fingerprint density at radius 2 is 2.11 bits per heavy atom. The molecule has 1 atom stereocenters. The van der Waals surface area contributed by atoms with Gasteiger partial charge in [0.2, 0.25) is 0 Å². The van der Waals surface area contributed by atoms with E-state index < -0.39 is 0 Å². The highest BCUT2D eigenvalue weighted by Gasteiger charge is 2.23. The van der Waals surface area contributed by atoms with Crippen LogP contribution in [-0.4, -0.2) is 26.2 Å². The van der Waals surface area contributed by atoms with Crippen LogP contribution in [0.15, 0.2) is 30.3 Å². The lowest BCUT2D eigenvalue weighted by molar-refractivity contribution is 0.476. The molecule has 0 bridgehead atoms. The highest BCUT2D eigenvalue weighted by atomic mass is 15.5. The normalized spacial score (nSPS) is 16.5. The number of hydrogen-bond donors (Lipinski definition) is 1. The van der Waals surface area contributed by atoms with Crippen LogP contribution >= 0.6 is 0 Å². The number of benzene rings is 1. The molecule has 1 aromatic carbocycles. The third-order valence-electron chi connectivity index (χ3n) is 3.53. The maximum absolute atomic E-state index is 4.10. The lowest BCUT2D eigenvalue weighted by Crippen LogP contribution is -2.27. The Hall–Kier alpha value is -1.75. The van der Waals surface area contributed by atoms with Crippen molar-refractivity contribution in [2.24, 2.45) is 5.92 Å². The molecular weight excluding hydrogens is 238 g/mol. The van der Waals surface area contributed by atoms with Gasteiger partial charge in [-0.15, -0.1) is 5.10 Å². The largest absolute Gasteiger partial charge is 0.307 e. The van der Waals surface area contributed by atoms with Crippen LogP contribution in [0.4, 0.5) is 0 Å². The van der Waals surface area contributed by atoms with Gasteiger partial charge < -0.3 is 5.32 Å². The summed E-state index contributed by atoms with van der Waals surface area (Å²) in [6.07, 6.45) is 4.05. The van der Waals surface area contributed by atoms with Crippen LogP contribution in [0.3, 0.4) is 0 Å². The van der Waals surface area contributed by atoms with E-state index >= 15 is 0 Å². The molecule has 2 aromatic rings. The quantitative estimate of drug-likeness (QED) is 0.859. The standard InChI is InChI=1S/C14H19N5/c1-11(9-12-7-8-12)15-10-14-16-17-18-19(14)13-5-3-2-4-6-13/h2-6,11-12,15H,7-10H2,1H3. The summed E-state index contributed by atoms with van der Waals surface area (Å²) >= 11 is 0. The molecule has 1 N–H and O–H groups in total. The van der Waals surface area contributed by atoms with Crippen molar-refractivity contribution in [2.75, 3.05) is 0 Å². The second kappa shape index (κ2) is 5.48. The topological polar surface area (TPSA) is 55.6 Å². The van der Waals surface area contributed by atoms with Crippen LogP contribution in [0, 0.1) is 5.92 Å². The molecule has 100 valence electrons. The predicted octanol–water partition coefficient (Wildman–Crippen LogP) is 1.94. The summed E-state index contributed by atoms with van der Waals surface area (Å²) in [6, 6.07) is 10.5. The molecule has 5 nitrogen and oxygen atoms in total. The number of para-hydroxylation sites is 1. The van der Waals surface area contributed by atoms with Crippen molar-refractivity contribution in [2.45, 2.75) is 38.8 Å². The van der Waals surface area contributed by atoms with E-state index in [9.17, 15) is 0 Å². The van der Waals surface area contributed by atoms with Gasteiger partial charge in [-0.05, 0) is 41.8 Å². The Labute approximate surface area is 113 Å². The summed E-state index contributed by atoms with van der Waals surface area (Å²) in [6.45, 7) is 2.94. The second-order valence-electron chi connectivity index (χ2n) is 5.30. The number of nitrogens with one attached hydrogen (secondary N) is 1. The average molecular weight is 257 g/mol. The van der Waals surface area contributed by atoms with Crippen molar-refractivity contribution < 1.29 is 0 Å². The van der Waals surface area contributed by atoms with Gasteiger partial charge in [0.05, 0.1) is 12.2 Å². The average Bonchev–Trinajstić information content (AvgIpc) is 3.12. The predicted molar refractivity (Wildman–Crippen MR) is 72.8 cm³/mol. The van der Waals surface area contributed by atoms with Crippen LogP contribution in [-0.2, 0) is 6.54 Å². The lowest BCUT2D eigenvalue weighted by atomic mass is 10.1. The van der Waals surface area contributed by atoms with Gasteiger partial charge in [-0.1, -0.05) is 31.0 Å². The molecule has 1 aliphatic carbocycles. The minimum absolute atomic E-state index is 0.522.